The number of amides is 2. The van der Waals surface area contributed by atoms with Crippen LogP contribution in [0.2, 0.25) is 0 Å². The summed E-state index contributed by atoms with van der Waals surface area (Å²) in [4.78, 5) is 39.0. The minimum Gasteiger partial charge on any atom is -0.480 e. The van der Waals surface area contributed by atoms with E-state index in [0.717, 1.165) is 18.4 Å². The van der Waals surface area contributed by atoms with Crippen molar-refractivity contribution in [3.05, 3.63) is 35.9 Å². The molecule has 0 aliphatic carbocycles. The Kier molecular flexibility index (Phi) is 5.44. The molecular weight excluding hydrogens is 336 g/mol. The molecule has 7 nitrogen and oxygen atoms in total. The van der Waals surface area contributed by atoms with E-state index in [1.54, 1.807) is 4.90 Å². The Morgan fingerprint density at radius 1 is 1.08 bits per heavy atom. The average molecular weight is 360 g/mol. The lowest BCUT2D eigenvalue weighted by molar-refractivity contribution is -0.155. The van der Waals surface area contributed by atoms with Gasteiger partial charge in [-0.15, -0.1) is 0 Å². The van der Waals surface area contributed by atoms with E-state index >= 15 is 0 Å². The topological polar surface area (TPSA) is 87.2 Å². The lowest BCUT2D eigenvalue weighted by Gasteiger charge is -2.45. The molecule has 7 heteroatoms. The monoisotopic (exact) mass is 360 g/mol. The second-order valence-electron chi connectivity index (χ2n) is 7.03. The third kappa shape index (κ3) is 3.98. The Balaban J connectivity index is 1.53. The third-order valence-corrected chi connectivity index (χ3v) is 5.33. The van der Waals surface area contributed by atoms with E-state index in [4.69, 9.17) is 9.84 Å². The number of hydrogen-bond donors (Lipinski definition) is 1. The number of likely N-dealkylation sites (tertiary alicyclic amines) is 2. The highest BCUT2D eigenvalue weighted by molar-refractivity contribution is 5.87. The minimum absolute atomic E-state index is 0.0801. The van der Waals surface area contributed by atoms with Crippen molar-refractivity contribution in [1.29, 1.82) is 0 Å². The molecule has 2 amide bonds. The number of piperidine rings is 2. The Labute approximate surface area is 152 Å². The van der Waals surface area contributed by atoms with E-state index in [1.807, 2.05) is 30.3 Å². The number of carbonyl (C=O) groups is 3. The number of carboxylic acid groups (broad SMARTS) is 1. The van der Waals surface area contributed by atoms with Gasteiger partial charge in [0.05, 0.1) is 5.41 Å². The molecule has 1 N–H and O–H groups in total. The molecule has 0 radical (unpaired) electrons. The first-order valence-electron chi connectivity index (χ1n) is 8.97. The van der Waals surface area contributed by atoms with E-state index in [0.29, 0.717) is 32.5 Å². The number of aliphatic carboxylic acids is 1. The summed E-state index contributed by atoms with van der Waals surface area (Å²) in [7, 11) is 0. The Bertz CT molecular complexity index is 668. The van der Waals surface area contributed by atoms with Crippen molar-refractivity contribution < 1.29 is 24.2 Å². The maximum atomic E-state index is 12.8. The first-order valence-corrected chi connectivity index (χ1v) is 8.97. The maximum Gasteiger partial charge on any atom is 0.410 e. The molecule has 2 heterocycles. The molecular formula is C19H24N2O5. The Morgan fingerprint density at radius 2 is 1.77 bits per heavy atom. The lowest BCUT2D eigenvalue weighted by atomic mass is 9.71. The van der Waals surface area contributed by atoms with Crippen LogP contribution in [0.3, 0.4) is 0 Å². The normalized spacial score (nSPS) is 19.5. The van der Waals surface area contributed by atoms with Crippen molar-refractivity contribution in [3.63, 3.8) is 0 Å². The average Bonchev–Trinajstić information content (AvgIpc) is 2.65. The number of rotatable bonds is 4. The second-order valence-corrected chi connectivity index (χ2v) is 7.03. The minimum atomic E-state index is -0.989. The molecule has 1 aromatic carbocycles. The summed E-state index contributed by atoms with van der Waals surface area (Å²) in [5.74, 6) is -1.07. The van der Waals surface area contributed by atoms with Crippen molar-refractivity contribution in [2.24, 2.45) is 5.41 Å². The van der Waals surface area contributed by atoms with Crippen molar-refractivity contribution >= 4 is 18.0 Å². The highest BCUT2D eigenvalue weighted by Gasteiger charge is 2.46. The number of carbonyl (C=O) groups excluding carboxylic acids is 2. The first-order chi connectivity index (χ1) is 12.5. The summed E-state index contributed by atoms with van der Waals surface area (Å²) in [6.07, 6.45) is 2.31. The molecule has 140 valence electrons. The van der Waals surface area contributed by atoms with Crippen molar-refractivity contribution in [1.82, 2.24) is 9.80 Å². The smallest absolute Gasteiger partial charge is 0.410 e. The van der Waals surface area contributed by atoms with Gasteiger partial charge in [0.25, 0.3) is 0 Å². The van der Waals surface area contributed by atoms with Gasteiger partial charge >= 0.3 is 12.1 Å². The highest BCUT2D eigenvalue weighted by Crippen LogP contribution is 2.41. The quantitative estimate of drug-likeness (QED) is 0.889. The summed E-state index contributed by atoms with van der Waals surface area (Å²) in [6, 6.07) is 9.49. The van der Waals surface area contributed by atoms with Crippen LogP contribution in [0.5, 0.6) is 0 Å². The van der Waals surface area contributed by atoms with Gasteiger partial charge in [-0.05, 0) is 31.2 Å². The van der Waals surface area contributed by atoms with Crippen LogP contribution in [0.15, 0.2) is 30.3 Å². The van der Waals surface area contributed by atoms with Gasteiger partial charge in [0, 0.05) is 19.6 Å². The number of hydrogen-bond acceptors (Lipinski definition) is 4. The SMILES string of the molecule is O=C(O)CN1CCCC2(CCN(C(=O)OCc3ccccc3)CC2)C1=O. The van der Waals surface area contributed by atoms with Crippen LogP contribution in [0.25, 0.3) is 0 Å². The summed E-state index contributed by atoms with van der Waals surface area (Å²) in [5.41, 5.74) is 0.408. The van der Waals surface area contributed by atoms with E-state index in [1.165, 1.54) is 4.90 Å². The van der Waals surface area contributed by atoms with E-state index in [9.17, 15) is 14.4 Å². The van der Waals surface area contributed by atoms with Crippen LogP contribution < -0.4 is 0 Å². The molecule has 26 heavy (non-hydrogen) atoms. The fraction of sp³-hybridized carbons (Fsp3) is 0.526. The number of benzene rings is 1. The molecule has 3 rings (SSSR count). The summed E-state index contributed by atoms with van der Waals surface area (Å²) in [5, 5.41) is 8.97. The summed E-state index contributed by atoms with van der Waals surface area (Å²) in [6.45, 7) is 1.40. The van der Waals surface area contributed by atoms with Gasteiger partial charge in [-0.25, -0.2) is 4.79 Å². The Hall–Kier alpha value is -2.57. The molecule has 0 aromatic heterocycles. The molecule has 1 aromatic rings. The largest absolute Gasteiger partial charge is 0.480 e. The molecule has 0 saturated carbocycles. The van der Waals surface area contributed by atoms with Gasteiger partial charge in [0.15, 0.2) is 0 Å². The van der Waals surface area contributed by atoms with Crippen LogP contribution in [-0.2, 0) is 20.9 Å². The maximum absolute atomic E-state index is 12.8. The number of nitrogens with zero attached hydrogens (tertiary/aromatic N) is 2. The molecule has 2 saturated heterocycles. The fourth-order valence-corrected chi connectivity index (χ4v) is 3.86. The number of carboxylic acids is 1. The molecule has 2 fully saturated rings. The molecule has 2 aliphatic heterocycles. The summed E-state index contributed by atoms with van der Waals surface area (Å²) >= 11 is 0. The molecule has 0 unspecified atom stereocenters. The zero-order valence-corrected chi connectivity index (χ0v) is 14.7. The van der Waals surface area contributed by atoms with E-state index in [-0.39, 0.29) is 25.2 Å². The number of ether oxygens (including phenoxy) is 1. The van der Waals surface area contributed by atoms with Crippen LogP contribution in [-0.4, -0.2) is 59.1 Å². The van der Waals surface area contributed by atoms with Gasteiger partial charge in [-0.1, -0.05) is 30.3 Å². The summed E-state index contributed by atoms with van der Waals surface area (Å²) < 4.78 is 5.36. The lowest BCUT2D eigenvalue weighted by Crippen LogP contribution is -2.55. The standard InChI is InChI=1S/C19H24N2O5/c22-16(23)13-21-10-4-7-19(17(21)24)8-11-20(12-9-19)18(25)26-14-15-5-2-1-3-6-15/h1-3,5-6H,4,7-14H2,(H,22,23). The molecule has 0 atom stereocenters. The second kappa shape index (κ2) is 7.76. The van der Waals surface area contributed by atoms with Gasteiger partial charge in [-0.3, -0.25) is 9.59 Å². The predicted molar refractivity (Wildman–Crippen MR) is 93.3 cm³/mol. The van der Waals surface area contributed by atoms with Crippen LogP contribution in [0, 0.1) is 5.41 Å². The zero-order valence-electron chi connectivity index (χ0n) is 14.7. The van der Waals surface area contributed by atoms with Crippen molar-refractivity contribution in [3.8, 4) is 0 Å². The van der Waals surface area contributed by atoms with Crippen LogP contribution >= 0.6 is 0 Å². The van der Waals surface area contributed by atoms with Gasteiger partial charge < -0.3 is 19.6 Å². The zero-order chi connectivity index (χ0) is 18.6. The van der Waals surface area contributed by atoms with Crippen molar-refractivity contribution in [2.45, 2.75) is 32.3 Å². The van der Waals surface area contributed by atoms with E-state index in [2.05, 4.69) is 0 Å². The first kappa shape index (κ1) is 18.2. The van der Waals surface area contributed by atoms with Crippen molar-refractivity contribution in [2.75, 3.05) is 26.2 Å². The molecule has 2 aliphatic rings. The van der Waals surface area contributed by atoms with E-state index < -0.39 is 11.4 Å². The third-order valence-electron chi connectivity index (χ3n) is 5.33. The van der Waals surface area contributed by atoms with Gasteiger partial charge in [-0.2, -0.15) is 0 Å². The molecule has 0 bridgehead atoms. The van der Waals surface area contributed by atoms with Crippen LogP contribution in [0.4, 0.5) is 4.79 Å². The highest BCUT2D eigenvalue weighted by atomic mass is 16.6. The van der Waals surface area contributed by atoms with Gasteiger partial charge in [0.2, 0.25) is 5.91 Å². The predicted octanol–water partition coefficient (Wildman–Crippen LogP) is 2.11. The Morgan fingerprint density at radius 3 is 2.42 bits per heavy atom. The fourth-order valence-electron chi connectivity index (χ4n) is 3.86. The molecule has 1 spiro atoms. The van der Waals surface area contributed by atoms with Crippen LogP contribution in [0.1, 0.15) is 31.2 Å². The van der Waals surface area contributed by atoms with Gasteiger partial charge in [0.1, 0.15) is 13.2 Å².